The topological polar surface area (TPSA) is 81.1 Å². The monoisotopic (exact) mass is 293 g/mol. The molecular formula is C10H16ClN3O3S. The number of nitrogens with one attached hydrogen (secondary N) is 1. The van der Waals surface area contributed by atoms with Crippen molar-refractivity contribution in [1.82, 2.24) is 14.9 Å². The third-order valence-corrected chi connectivity index (χ3v) is 3.41. The molecule has 0 aliphatic heterocycles. The molecule has 1 rings (SSSR count). The van der Waals surface area contributed by atoms with E-state index in [-0.39, 0.29) is 23.4 Å². The van der Waals surface area contributed by atoms with Crippen molar-refractivity contribution >= 4 is 25.6 Å². The number of hydrogen-bond acceptors (Lipinski definition) is 4. The number of imidazole rings is 1. The van der Waals surface area contributed by atoms with Crippen molar-refractivity contribution in [3.8, 4) is 0 Å². The largest absolute Gasteiger partial charge is 0.355 e. The summed E-state index contributed by atoms with van der Waals surface area (Å²) in [5.41, 5.74) is 0. The molecule has 0 fully saturated rings. The lowest BCUT2D eigenvalue weighted by Crippen LogP contribution is -2.27. The highest BCUT2D eigenvalue weighted by molar-refractivity contribution is 8.13. The number of halogens is 1. The molecular weight excluding hydrogens is 278 g/mol. The fourth-order valence-electron chi connectivity index (χ4n) is 1.52. The maximum absolute atomic E-state index is 11.5. The number of rotatable bonds is 5. The lowest BCUT2D eigenvalue weighted by atomic mass is 10.2. The van der Waals surface area contributed by atoms with Crippen LogP contribution >= 0.6 is 10.7 Å². The van der Waals surface area contributed by atoms with Crippen molar-refractivity contribution < 1.29 is 13.2 Å². The van der Waals surface area contributed by atoms with Crippen molar-refractivity contribution in [2.45, 2.75) is 38.3 Å². The summed E-state index contributed by atoms with van der Waals surface area (Å²) in [5.74, 6) is 0.308. The highest BCUT2D eigenvalue weighted by Crippen LogP contribution is 2.19. The van der Waals surface area contributed by atoms with Crippen LogP contribution in [0, 0.1) is 0 Å². The molecule has 0 bridgehead atoms. The molecule has 0 atom stereocenters. The van der Waals surface area contributed by atoms with Crippen molar-refractivity contribution in [2.75, 3.05) is 6.54 Å². The van der Waals surface area contributed by atoms with Gasteiger partial charge in [-0.2, -0.15) is 0 Å². The summed E-state index contributed by atoms with van der Waals surface area (Å²) in [4.78, 5) is 15.5. The van der Waals surface area contributed by atoms with Gasteiger partial charge in [0.25, 0.3) is 9.05 Å². The summed E-state index contributed by atoms with van der Waals surface area (Å²) in [6.07, 6.45) is 1.28. The third kappa shape index (κ3) is 3.71. The average Bonchev–Trinajstić information content (AvgIpc) is 2.61. The van der Waals surface area contributed by atoms with E-state index in [1.807, 2.05) is 20.8 Å². The van der Waals surface area contributed by atoms with E-state index in [1.54, 1.807) is 0 Å². The molecule has 0 spiro atoms. The number of hydrogen-bond donors (Lipinski definition) is 1. The van der Waals surface area contributed by atoms with Gasteiger partial charge in [0.05, 0.1) is 0 Å². The first-order chi connectivity index (χ1) is 8.25. The second-order valence-corrected chi connectivity index (χ2v) is 6.62. The normalized spacial score (nSPS) is 11.8. The first-order valence-electron chi connectivity index (χ1n) is 5.54. The Morgan fingerprint density at radius 2 is 2.17 bits per heavy atom. The highest BCUT2D eigenvalue weighted by atomic mass is 35.7. The Morgan fingerprint density at radius 1 is 1.56 bits per heavy atom. The predicted octanol–water partition coefficient (Wildman–Crippen LogP) is 1.07. The van der Waals surface area contributed by atoms with E-state index in [1.165, 1.54) is 10.8 Å². The Morgan fingerprint density at radius 3 is 2.61 bits per heavy atom. The average molecular weight is 294 g/mol. The van der Waals surface area contributed by atoms with Gasteiger partial charge in [0.1, 0.15) is 12.4 Å². The number of amides is 1. The van der Waals surface area contributed by atoms with Crippen LogP contribution in [0.2, 0.25) is 0 Å². The van der Waals surface area contributed by atoms with Gasteiger partial charge in [-0.1, -0.05) is 13.8 Å². The van der Waals surface area contributed by atoms with Crippen molar-refractivity contribution in [3.63, 3.8) is 0 Å². The smallest absolute Gasteiger partial charge is 0.280 e. The van der Waals surface area contributed by atoms with E-state index in [0.29, 0.717) is 12.4 Å². The molecule has 0 saturated heterocycles. The zero-order chi connectivity index (χ0) is 13.9. The number of likely N-dealkylation sites (N-methyl/N-ethyl adjacent to an activating group) is 1. The first kappa shape index (κ1) is 15.0. The predicted molar refractivity (Wildman–Crippen MR) is 68.0 cm³/mol. The van der Waals surface area contributed by atoms with Crippen LogP contribution in [0.3, 0.4) is 0 Å². The minimum Gasteiger partial charge on any atom is -0.355 e. The fourth-order valence-corrected chi connectivity index (χ4v) is 2.20. The molecule has 0 aliphatic rings. The standard InChI is InChI=1S/C10H16ClN3O3S/c1-4-12-8(15)5-14-6-9(18(11,16)17)13-10(14)7(2)3/h6-7H,4-5H2,1-3H3,(H,12,15). The van der Waals surface area contributed by atoms with Crippen LogP contribution in [0.5, 0.6) is 0 Å². The van der Waals surface area contributed by atoms with Crippen molar-refractivity contribution in [3.05, 3.63) is 12.0 Å². The molecule has 0 saturated carbocycles. The van der Waals surface area contributed by atoms with Gasteiger partial charge in [-0.25, -0.2) is 13.4 Å². The summed E-state index contributed by atoms with van der Waals surface area (Å²) in [7, 11) is 1.36. The molecule has 8 heteroatoms. The van der Waals surface area contributed by atoms with Crippen LogP contribution in [0.4, 0.5) is 0 Å². The van der Waals surface area contributed by atoms with Crippen molar-refractivity contribution in [2.24, 2.45) is 0 Å². The Bertz CT molecular complexity index is 537. The SMILES string of the molecule is CCNC(=O)Cn1cc(S(=O)(=O)Cl)nc1C(C)C. The molecule has 102 valence electrons. The molecule has 1 amide bonds. The first-order valence-corrected chi connectivity index (χ1v) is 7.85. The lowest BCUT2D eigenvalue weighted by molar-refractivity contribution is -0.121. The van der Waals surface area contributed by atoms with E-state index in [9.17, 15) is 13.2 Å². The van der Waals surface area contributed by atoms with Gasteiger partial charge >= 0.3 is 0 Å². The second kappa shape index (κ2) is 5.71. The van der Waals surface area contributed by atoms with Gasteiger partial charge in [-0.3, -0.25) is 4.79 Å². The van der Waals surface area contributed by atoms with Crippen LogP contribution < -0.4 is 5.32 Å². The third-order valence-electron chi connectivity index (χ3n) is 2.24. The Balaban J connectivity index is 3.10. The van der Waals surface area contributed by atoms with Crippen LogP contribution in [0.1, 0.15) is 32.5 Å². The van der Waals surface area contributed by atoms with Gasteiger partial charge < -0.3 is 9.88 Å². The highest BCUT2D eigenvalue weighted by Gasteiger charge is 2.20. The van der Waals surface area contributed by atoms with Gasteiger partial charge in [0.2, 0.25) is 5.91 Å². The van der Waals surface area contributed by atoms with E-state index in [0.717, 1.165) is 0 Å². The number of nitrogens with zero attached hydrogens (tertiary/aromatic N) is 2. The summed E-state index contributed by atoms with van der Waals surface area (Å²) in [6.45, 7) is 6.08. The van der Waals surface area contributed by atoms with Crippen LogP contribution in [0.25, 0.3) is 0 Å². The number of carbonyl (C=O) groups is 1. The fraction of sp³-hybridized carbons (Fsp3) is 0.600. The number of carbonyl (C=O) groups excluding carboxylic acids is 1. The number of aromatic nitrogens is 2. The van der Waals surface area contributed by atoms with Crippen LogP contribution in [-0.2, 0) is 20.4 Å². The summed E-state index contributed by atoms with van der Waals surface area (Å²) in [6, 6.07) is 0. The zero-order valence-corrected chi connectivity index (χ0v) is 12.0. The van der Waals surface area contributed by atoms with Gasteiger partial charge in [0, 0.05) is 29.3 Å². The minimum absolute atomic E-state index is 0.00778. The summed E-state index contributed by atoms with van der Waals surface area (Å²) >= 11 is 0. The van der Waals surface area contributed by atoms with E-state index in [2.05, 4.69) is 10.3 Å². The molecule has 0 radical (unpaired) electrons. The molecule has 1 aromatic rings. The maximum Gasteiger partial charge on any atom is 0.280 e. The molecule has 0 aliphatic carbocycles. The molecule has 1 N–H and O–H groups in total. The molecule has 1 aromatic heterocycles. The molecule has 6 nitrogen and oxygen atoms in total. The molecule has 1 heterocycles. The van der Waals surface area contributed by atoms with Crippen molar-refractivity contribution in [1.29, 1.82) is 0 Å². The Hall–Kier alpha value is -1.08. The summed E-state index contributed by atoms with van der Waals surface area (Å²) < 4.78 is 23.9. The molecule has 18 heavy (non-hydrogen) atoms. The Kier molecular flexibility index (Phi) is 4.75. The van der Waals surface area contributed by atoms with Gasteiger partial charge in [-0.05, 0) is 6.92 Å². The van der Waals surface area contributed by atoms with Gasteiger partial charge in [-0.15, -0.1) is 0 Å². The lowest BCUT2D eigenvalue weighted by Gasteiger charge is -2.09. The summed E-state index contributed by atoms with van der Waals surface area (Å²) in [5, 5.41) is 2.41. The van der Waals surface area contributed by atoms with Gasteiger partial charge in [0.15, 0.2) is 5.03 Å². The van der Waals surface area contributed by atoms with Crippen LogP contribution in [-0.4, -0.2) is 30.4 Å². The quantitative estimate of drug-likeness (QED) is 0.824. The maximum atomic E-state index is 11.5. The Labute approximate surface area is 111 Å². The van der Waals surface area contributed by atoms with Crippen LogP contribution in [0.15, 0.2) is 11.2 Å². The van der Waals surface area contributed by atoms with E-state index in [4.69, 9.17) is 10.7 Å². The minimum atomic E-state index is -3.88. The van der Waals surface area contributed by atoms with E-state index >= 15 is 0 Å². The zero-order valence-electron chi connectivity index (χ0n) is 10.5. The van der Waals surface area contributed by atoms with E-state index < -0.39 is 9.05 Å². The molecule has 0 aromatic carbocycles. The second-order valence-electron chi connectivity index (χ2n) is 4.11. The molecule has 0 unspecified atom stereocenters.